The third-order valence-corrected chi connectivity index (χ3v) is 4.87. The Morgan fingerprint density at radius 2 is 2.11 bits per heavy atom. The van der Waals surface area contributed by atoms with Crippen LogP contribution >= 0.6 is 0 Å². The molecule has 0 spiro atoms. The summed E-state index contributed by atoms with van der Waals surface area (Å²) in [5.74, 6) is 2.18. The van der Waals surface area contributed by atoms with Crippen LogP contribution in [0.3, 0.4) is 0 Å². The number of aromatic nitrogens is 1. The van der Waals surface area contributed by atoms with E-state index in [2.05, 4.69) is 19.8 Å². The molecule has 0 unspecified atom stereocenters. The van der Waals surface area contributed by atoms with E-state index in [9.17, 15) is 0 Å². The number of amidine groups is 1. The van der Waals surface area contributed by atoms with Gasteiger partial charge in [-0.25, -0.2) is 9.98 Å². The summed E-state index contributed by atoms with van der Waals surface area (Å²) in [5, 5.41) is 0. The van der Waals surface area contributed by atoms with Crippen molar-refractivity contribution in [3.05, 3.63) is 48.1 Å². The number of anilines is 1. The predicted octanol–water partition coefficient (Wildman–Crippen LogP) is 1.49. The summed E-state index contributed by atoms with van der Waals surface area (Å²) in [7, 11) is 1.56. The van der Waals surface area contributed by atoms with Gasteiger partial charge in [0.15, 0.2) is 0 Å². The number of allylic oxidation sites excluding steroid dienone is 2. The molecule has 0 bridgehead atoms. The molecule has 4 heterocycles. The molecule has 28 heavy (non-hydrogen) atoms. The average molecular weight is 383 g/mol. The molecule has 148 valence electrons. The maximum absolute atomic E-state index is 5.99. The van der Waals surface area contributed by atoms with E-state index in [1.165, 1.54) is 0 Å². The van der Waals surface area contributed by atoms with Crippen LogP contribution in [0.15, 0.2) is 47.6 Å². The molecular formula is C20H25N5O3. The van der Waals surface area contributed by atoms with Crippen LogP contribution in [-0.4, -0.2) is 73.7 Å². The Labute approximate surface area is 164 Å². The highest BCUT2D eigenvalue weighted by Gasteiger charge is 2.19. The molecule has 0 atom stereocenters. The van der Waals surface area contributed by atoms with E-state index in [4.69, 9.17) is 19.9 Å². The molecule has 3 aliphatic heterocycles. The Bertz CT molecular complexity index is 840. The first-order valence-corrected chi connectivity index (χ1v) is 9.39. The summed E-state index contributed by atoms with van der Waals surface area (Å²) in [5.41, 5.74) is 8.44. The molecule has 2 N–H and O–H groups in total. The monoisotopic (exact) mass is 383 g/mol. The van der Waals surface area contributed by atoms with Gasteiger partial charge < -0.3 is 24.8 Å². The fraction of sp³-hybridized carbons (Fsp3) is 0.400. The second kappa shape index (κ2) is 8.45. The van der Waals surface area contributed by atoms with Crippen LogP contribution in [0.5, 0.6) is 5.88 Å². The number of fused-ring (bicyclic) bond motifs is 1. The van der Waals surface area contributed by atoms with Gasteiger partial charge in [0.2, 0.25) is 5.88 Å². The topological polar surface area (TPSA) is 85.4 Å². The fourth-order valence-corrected chi connectivity index (χ4v) is 3.31. The first-order chi connectivity index (χ1) is 13.7. The number of methoxy groups -OCH3 is 1. The number of hydrogen-bond acceptors (Lipinski definition) is 8. The number of rotatable bonds is 6. The average Bonchev–Trinajstić information content (AvgIpc) is 2.74. The zero-order chi connectivity index (χ0) is 19.3. The summed E-state index contributed by atoms with van der Waals surface area (Å²) in [6, 6.07) is 1.86. The Morgan fingerprint density at radius 1 is 1.25 bits per heavy atom. The molecule has 8 heteroatoms. The van der Waals surface area contributed by atoms with E-state index in [-0.39, 0.29) is 0 Å². The quantitative estimate of drug-likeness (QED) is 0.796. The Balaban J connectivity index is 1.38. The van der Waals surface area contributed by atoms with Crippen LogP contribution < -0.4 is 10.5 Å². The van der Waals surface area contributed by atoms with Crippen molar-refractivity contribution < 1.29 is 14.2 Å². The smallest absolute Gasteiger partial charge is 0.236 e. The lowest BCUT2D eigenvalue weighted by Gasteiger charge is -2.29. The van der Waals surface area contributed by atoms with Crippen molar-refractivity contribution in [1.82, 2.24) is 14.8 Å². The molecular weight excluding hydrogens is 358 g/mol. The zero-order valence-electron chi connectivity index (χ0n) is 16.0. The highest BCUT2D eigenvalue weighted by atomic mass is 16.5. The minimum atomic E-state index is 0.434. The van der Waals surface area contributed by atoms with Crippen LogP contribution in [0.25, 0.3) is 5.57 Å². The van der Waals surface area contributed by atoms with Crippen LogP contribution in [0.4, 0.5) is 5.69 Å². The molecule has 8 nitrogen and oxygen atoms in total. The number of morpholine rings is 1. The van der Waals surface area contributed by atoms with E-state index in [1.807, 2.05) is 24.4 Å². The first-order valence-electron chi connectivity index (χ1n) is 9.39. The van der Waals surface area contributed by atoms with E-state index in [0.29, 0.717) is 24.7 Å². The SMILES string of the molecule is COc1ncc(C2=CN3CC(OCCN4CCOCC4)=CN=C3C=C2)cc1N. The predicted molar refractivity (Wildman–Crippen MR) is 108 cm³/mol. The van der Waals surface area contributed by atoms with Gasteiger partial charge in [-0.1, -0.05) is 0 Å². The van der Waals surface area contributed by atoms with Crippen molar-refractivity contribution in [3.8, 4) is 5.88 Å². The standard InChI is InChI=1S/C20H25N5O3/c1-26-20-18(21)10-16(11-23-20)15-2-3-19-22-12-17(14-25(19)13-15)28-9-6-24-4-7-27-8-5-24/h2-3,10-13H,4-9,14,21H2,1H3. The maximum Gasteiger partial charge on any atom is 0.236 e. The van der Waals surface area contributed by atoms with Crippen molar-refractivity contribution in [2.75, 3.05) is 58.8 Å². The second-order valence-corrected chi connectivity index (χ2v) is 6.75. The minimum Gasteiger partial charge on any atom is -0.493 e. The van der Waals surface area contributed by atoms with Gasteiger partial charge in [-0.15, -0.1) is 0 Å². The lowest BCUT2D eigenvalue weighted by molar-refractivity contribution is 0.0268. The van der Waals surface area contributed by atoms with Gasteiger partial charge in [0.1, 0.15) is 18.2 Å². The second-order valence-electron chi connectivity index (χ2n) is 6.75. The van der Waals surface area contributed by atoms with Gasteiger partial charge in [-0.2, -0.15) is 0 Å². The molecule has 3 aliphatic rings. The van der Waals surface area contributed by atoms with Crippen LogP contribution in [0.1, 0.15) is 5.56 Å². The van der Waals surface area contributed by atoms with Crippen LogP contribution in [0, 0.1) is 0 Å². The van der Waals surface area contributed by atoms with E-state index in [1.54, 1.807) is 19.5 Å². The van der Waals surface area contributed by atoms with Crippen molar-refractivity contribution in [3.63, 3.8) is 0 Å². The number of hydrogen-bond donors (Lipinski definition) is 1. The Hall–Kier alpha value is -2.84. The molecule has 0 aromatic carbocycles. The number of nitrogens with two attached hydrogens (primary N) is 1. The maximum atomic E-state index is 5.99. The number of aliphatic imine (C=N–C) groups is 1. The van der Waals surface area contributed by atoms with Crippen molar-refractivity contribution in [2.45, 2.75) is 0 Å². The molecule has 0 radical (unpaired) electrons. The number of nitrogen functional groups attached to an aromatic ring is 1. The third-order valence-electron chi connectivity index (χ3n) is 4.87. The molecule has 1 aromatic rings. The van der Waals surface area contributed by atoms with Gasteiger partial charge in [-0.3, -0.25) is 4.90 Å². The molecule has 0 amide bonds. The number of nitrogens with zero attached hydrogens (tertiary/aromatic N) is 4. The Kier molecular flexibility index (Phi) is 5.59. The lowest BCUT2D eigenvalue weighted by Crippen LogP contribution is -2.38. The molecule has 0 saturated carbocycles. The highest BCUT2D eigenvalue weighted by molar-refractivity contribution is 6.00. The largest absolute Gasteiger partial charge is 0.493 e. The summed E-state index contributed by atoms with van der Waals surface area (Å²) < 4.78 is 16.5. The van der Waals surface area contributed by atoms with Crippen molar-refractivity contribution in [2.24, 2.45) is 4.99 Å². The van der Waals surface area contributed by atoms with Crippen LogP contribution in [0.2, 0.25) is 0 Å². The highest BCUT2D eigenvalue weighted by Crippen LogP contribution is 2.27. The van der Waals surface area contributed by atoms with E-state index >= 15 is 0 Å². The molecule has 1 aromatic heterocycles. The lowest BCUT2D eigenvalue weighted by atomic mass is 10.1. The fourth-order valence-electron chi connectivity index (χ4n) is 3.31. The number of ether oxygens (including phenoxy) is 3. The van der Waals surface area contributed by atoms with Gasteiger partial charge in [0, 0.05) is 37.6 Å². The summed E-state index contributed by atoms with van der Waals surface area (Å²) >= 11 is 0. The number of pyridine rings is 1. The van der Waals surface area contributed by atoms with E-state index in [0.717, 1.165) is 55.6 Å². The van der Waals surface area contributed by atoms with Gasteiger partial charge in [0.05, 0.1) is 38.8 Å². The molecule has 1 saturated heterocycles. The summed E-state index contributed by atoms with van der Waals surface area (Å²) in [6.07, 6.45) is 9.60. The van der Waals surface area contributed by atoms with Gasteiger partial charge in [0.25, 0.3) is 0 Å². The third kappa shape index (κ3) is 4.18. The van der Waals surface area contributed by atoms with E-state index < -0.39 is 0 Å². The zero-order valence-corrected chi connectivity index (χ0v) is 16.0. The summed E-state index contributed by atoms with van der Waals surface area (Å²) in [4.78, 5) is 13.2. The first kappa shape index (κ1) is 18.5. The van der Waals surface area contributed by atoms with Gasteiger partial charge >= 0.3 is 0 Å². The molecule has 4 rings (SSSR count). The summed E-state index contributed by atoms with van der Waals surface area (Å²) in [6.45, 7) is 5.73. The molecule has 0 aliphatic carbocycles. The minimum absolute atomic E-state index is 0.434. The van der Waals surface area contributed by atoms with Crippen molar-refractivity contribution >= 4 is 17.1 Å². The van der Waals surface area contributed by atoms with Crippen LogP contribution in [-0.2, 0) is 9.47 Å². The normalized spacial score (nSPS) is 19.5. The van der Waals surface area contributed by atoms with Gasteiger partial charge in [-0.05, 0) is 23.8 Å². The Morgan fingerprint density at radius 3 is 2.89 bits per heavy atom. The molecule has 1 fully saturated rings. The van der Waals surface area contributed by atoms with Crippen molar-refractivity contribution in [1.29, 1.82) is 0 Å².